The number of nitrogens with one attached hydrogen (secondary N) is 1. The van der Waals surface area contributed by atoms with Crippen molar-refractivity contribution < 1.29 is 9.18 Å². The van der Waals surface area contributed by atoms with Crippen LogP contribution in [-0.2, 0) is 4.79 Å². The largest absolute Gasteiger partial charge is 0.383 e. The van der Waals surface area contributed by atoms with Gasteiger partial charge >= 0.3 is 0 Å². The van der Waals surface area contributed by atoms with Crippen LogP contribution in [-0.4, -0.2) is 21.1 Å². The van der Waals surface area contributed by atoms with E-state index in [2.05, 4.69) is 15.3 Å². The third-order valence-corrected chi connectivity index (χ3v) is 3.49. The number of carbonyl (C=O) groups excluding carboxylic acids is 1. The molecule has 21 heavy (non-hydrogen) atoms. The van der Waals surface area contributed by atoms with Gasteiger partial charge in [-0.05, 0) is 19.1 Å². The summed E-state index contributed by atoms with van der Waals surface area (Å²) in [5.41, 5.74) is 11.2. The fraction of sp³-hybridized carbons (Fsp3) is 0.154. The van der Waals surface area contributed by atoms with Gasteiger partial charge in [-0.2, -0.15) is 0 Å². The summed E-state index contributed by atoms with van der Waals surface area (Å²) in [6, 6.07) is 7.37. The lowest BCUT2D eigenvalue weighted by Crippen LogP contribution is -2.23. The lowest BCUT2D eigenvalue weighted by atomic mass is 10.3. The molecule has 0 radical (unpaired) electrons. The fourth-order valence-corrected chi connectivity index (χ4v) is 2.32. The molecule has 110 valence electrons. The predicted octanol–water partition coefficient (Wildman–Crippen LogP) is 1.90. The topological polar surface area (TPSA) is 107 Å². The van der Waals surface area contributed by atoms with Gasteiger partial charge in [0.05, 0.1) is 10.9 Å². The van der Waals surface area contributed by atoms with Crippen LogP contribution < -0.4 is 16.8 Å². The van der Waals surface area contributed by atoms with Crippen LogP contribution >= 0.6 is 11.8 Å². The van der Waals surface area contributed by atoms with Crippen molar-refractivity contribution in [3.63, 3.8) is 0 Å². The van der Waals surface area contributed by atoms with Crippen LogP contribution in [0.3, 0.4) is 0 Å². The molecule has 5 N–H and O–H groups in total. The van der Waals surface area contributed by atoms with Crippen molar-refractivity contribution in [2.24, 2.45) is 0 Å². The van der Waals surface area contributed by atoms with Crippen LogP contribution in [0.15, 0.2) is 35.5 Å². The Kier molecular flexibility index (Phi) is 4.59. The van der Waals surface area contributed by atoms with Crippen molar-refractivity contribution in [1.82, 2.24) is 9.97 Å². The summed E-state index contributed by atoms with van der Waals surface area (Å²) in [6.07, 6.45) is 0. The molecular formula is C13H14FN5OS. The van der Waals surface area contributed by atoms with E-state index in [0.717, 1.165) is 11.8 Å². The summed E-state index contributed by atoms with van der Waals surface area (Å²) < 4.78 is 13.5. The predicted molar refractivity (Wildman–Crippen MR) is 81.2 cm³/mol. The number of thioether (sulfide) groups is 1. The molecule has 0 fully saturated rings. The van der Waals surface area contributed by atoms with Crippen molar-refractivity contribution in [1.29, 1.82) is 0 Å². The highest BCUT2D eigenvalue weighted by molar-refractivity contribution is 8.00. The number of benzene rings is 1. The van der Waals surface area contributed by atoms with Crippen LogP contribution in [0.4, 0.5) is 21.7 Å². The Labute approximate surface area is 125 Å². The highest BCUT2D eigenvalue weighted by Gasteiger charge is 2.17. The summed E-state index contributed by atoms with van der Waals surface area (Å²) in [5.74, 6) is -0.402. The minimum Gasteiger partial charge on any atom is -0.383 e. The maximum absolute atomic E-state index is 13.5. The Bertz CT molecular complexity index is 647. The monoisotopic (exact) mass is 307 g/mol. The molecule has 1 amide bonds. The van der Waals surface area contributed by atoms with E-state index in [1.165, 1.54) is 18.2 Å². The van der Waals surface area contributed by atoms with Gasteiger partial charge in [-0.1, -0.05) is 23.9 Å². The molecule has 0 bridgehead atoms. The first-order chi connectivity index (χ1) is 9.95. The first kappa shape index (κ1) is 15.0. The van der Waals surface area contributed by atoms with Crippen LogP contribution in [0.25, 0.3) is 0 Å². The number of nitrogen functional groups attached to an aromatic ring is 2. The molecule has 2 aromatic rings. The first-order valence-corrected chi connectivity index (χ1v) is 6.96. The van der Waals surface area contributed by atoms with Gasteiger partial charge in [-0.3, -0.25) is 4.79 Å². The summed E-state index contributed by atoms with van der Waals surface area (Å²) in [5, 5.41) is 2.27. The number of nitrogens with two attached hydrogens (primary N) is 2. The van der Waals surface area contributed by atoms with Crippen molar-refractivity contribution in [3.05, 3.63) is 36.1 Å². The molecule has 0 saturated heterocycles. The fourth-order valence-electron chi connectivity index (χ4n) is 1.52. The molecule has 1 heterocycles. The number of anilines is 3. The number of rotatable bonds is 4. The van der Waals surface area contributed by atoms with Crippen LogP contribution in [0.1, 0.15) is 6.92 Å². The molecule has 2 rings (SSSR count). The summed E-state index contributed by atoms with van der Waals surface area (Å²) in [7, 11) is 0. The normalized spacial score (nSPS) is 11.9. The van der Waals surface area contributed by atoms with E-state index >= 15 is 0 Å². The standard InChI is InChI=1S/C13H14FN5OS/c1-7(21-13-18-10(15)6-11(16)19-13)12(20)17-9-5-3-2-4-8(9)14/h2-7H,1H3,(H,17,20)(H4,15,16,18,19)/t7-/m1/s1. The molecule has 0 aliphatic rings. The Morgan fingerprint density at radius 2 is 1.90 bits per heavy atom. The van der Waals surface area contributed by atoms with E-state index < -0.39 is 11.1 Å². The van der Waals surface area contributed by atoms with Gasteiger partial charge in [-0.25, -0.2) is 14.4 Å². The highest BCUT2D eigenvalue weighted by Crippen LogP contribution is 2.23. The van der Waals surface area contributed by atoms with Gasteiger partial charge in [0.25, 0.3) is 0 Å². The Hall–Kier alpha value is -2.35. The number of nitrogens with zero attached hydrogens (tertiary/aromatic N) is 2. The smallest absolute Gasteiger partial charge is 0.237 e. The molecule has 1 aromatic carbocycles. The van der Waals surface area contributed by atoms with Gasteiger partial charge in [0.2, 0.25) is 5.91 Å². The van der Waals surface area contributed by atoms with Crippen LogP contribution in [0, 0.1) is 5.82 Å². The number of para-hydroxylation sites is 1. The SMILES string of the molecule is C[C@@H](Sc1nc(N)cc(N)n1)C(=O)Nc1ccccc1F. The Balaban J connectivity index is 2.04. The van der Waals surface area contributed by atoms with E-state index in [1.807, 2.05) is 0 Å². The van der Waals surface area contributed by atoms with E-state index in [9.17, 15) is 9.18 Å². The third-order valence-electron chi connectivity index (χ3n) is 2.53. The lowest BCUT2D eigenvalue weighted by molar-refractivity contribution is -0.115. The number of hydrogen-bond acceptors (Lipinski definition) is 6. The van der Waals surface area contributed by atoms with Gasteiger partial charge in [-0.15, -0.1) is 0 Å². The number of halogens is 1. The van der Waals surface area contributed by atoms with Gasteiger partial charge in [0.15, 0.2) is 5.16 Å². The number of hydrogen-bond donors (Lipinski definition) is 3. The second kappa shape index (κ2) is 6.40. The average molecular weight is 307 g/mol. The van der Waals surface area contributed by atoms with Crippen LogP contribution in [0.2, 0.25) is 0 Å². The summed E-state index contributed by atoms with van der Waals surface area (Å²) in [6.45, 7) is 1.66. The lowest BCUT2D eigenvalue weighted by Gasteiger charge is -2.12. The van der Waals surface area contributed by atoms with Crippen molar-refractivity contribution in [2.75, 3.05) is 16.8 Å². The number of carbonyl (C=O) groups is 1. The molecular weight excluding hydrogens is 293 g/mol. The van der Waals surface area contributed by atoms with E-state index in [4.69, 9.17) is 11.5 Å². The molecule has 0 spiro atoms. The second-order valence-corrected chi connectivity index (χ2v) is 5.54. The molecule has 1 aromatic heterocycles. The Morgan fingerprint density at radius 3 is 2.52 bits per heavy atom. The second-order valence-electron chi connectivity index (χ2n) is 4.23. The zero-order chi connectivity index (χ0) is 15.4. The van der Waals surface area contributed by atoms with Gasteiger partial charge in [0.1, 0.15) is 17.5 Å². The molecule has 0 saturated carbocycles. The minimum absolute atomic E-state index is 0.128. The van der Waals surface area contributed by atoms with Crippen molar-refractivity contribution >= 4 is 35.0 Å². The van der Waals surface area contributed by atoms with Crippen molar-refractivity contribution in [3.8, 4) is 0 Å². The molecule has 6 nitrogen and oxygen atoms in total. The van der Waals surface area contributed by atoms with Crippen LogP contribution in [0.5, 0.6) is 0 Å². The highest BCUT2D eigenvalue weighted by atomic mass is 32.2. The Morgan fingerprint density at radius 1 is 1.29 bits per heavy atom. The first-order valence-electron chi connectivity index (χ1n) is 6.08. The zero-order valence-corrected chi connectivity index (χ0v) is 12.0. The molecule has 0 unspecified atom stereocenters. The number of amides is 1. The number of aromatic nitrogens is 2. The quantitative estimate of drug-likeness (QED) is 0.588. The molecule has 0 aliphatic heterocycles. The van der Waals surface area contributed by atoms with E-state index in [-0.39, 0.29) is 23.2 Å². The molecule has 8 heteroatoms. The minimum atomic E-state index is -0.536. The van der Waals surface area contributed by atoms with E-state index in [0.29, 0.717) is 5.16 Å². The van der Waals surface area contributed by atoms with E-state index in [1.54, 1.807) is 19.1 Å². The maximum atomic E-state index is 13.5. The zero-order valence-electron chi connectivity index (χ0n) is 11.2. The van der Waals surface area contributed by atoms with Gasteiger partial charge in [0, 0.05) is 6.07 Å². The third kappa shape index (κ3) is 4.06. The van der Waals surface area contributed by atoms with Gasteiger partial charge < -0.3 is 16.8 Å². The maximum Gasteiger partial charge on any atom is 0.237 e. The summed E-state index contributed by atoms with van der Waals surface area (Å²) >= 11 is 1.09. The molecule has 1 atom stereocenters. The summed E-state index contributed by atoms with van der Waals surface area (Å²) in [4.78, 5) is 20.0. The molecule has 0 aliphatic carbocycles. The van der Waals surface area contributed by atoms with Crippen molar-refractivity contribution in [2.45, 2.75) is 17.3 Å². The average Bonchev–Trinajstić information content (AvgIpc) is 2.40.